The number of sulfonamides is 1. The first-order chi connectivity index (χ1) is 14.2. The number of nitrogens with zero attached hydrogens (tertiary/aromatic N) is 4. The summed E-state index contributed by atoms with van der Waals surface area (Å²) >= 11 is 0. The minimum absolute atomic E-state index is 0.114. The molecule has 2 fully saturated rings. The summed E-state index contributed by atoms with van der Waals surface area (Å²) in [5.74, 6) is -0.114. The van der Waals surface area contributed by atoms with Gasteiger partial charge in [0.25, 0.3) is 11.5 Å². The van der Waals surface area contributed by atoms with Crippen LogP contribution < -0.4 is 11.2 Å². The van der Waals surface area contributed by atoms with Crippen molar-refractivity contribution in [3.05, 3.63) is 38.2 Å². The highest BCUT2D eigenvalue weighted by molar-refractivity contribution is 7.88. The number of aryl methyl sites for hydroxylation is 1. The van der Waals surface area contributed by atoms with E-state index in [4.69, 9.17) is 0 Å². The molecular formula is C19H25N5O5S. The largest absolute Gasteiger partial charge is 0.336 e. The lowest BCUT2D eigenvalue weighted by Crippen LogP contribution is -2.50. The van der Waals surface area contributed by atoms with Crippen LogP contribution in [-0.4, -0.2) is 70.5 Å². The number of H-pyrrole nitrogens is 1. The van der Waals surface area contributed by atoms with Crippen LogP contribution in [-0.2, 0) is 16.6 Å². The normalized spacial score (nSPS) is 18.1. The summed E-state index contributed by atoms with van der Waals surface area (Å²) in [7, 11) is -3.32. The predicted molar refractivity (Wildman–Crippen MR) is 111 cm³/mol. The maximum Gasteiger partial charge on any atom is 0.329 e. The number of carbonyl (C=O) groups is 1. The summed E-state index contributed by atoms with van der Waals surface area (Å²) < 4.78 is 26.2. The van der Waals surface area contributed by atoms with Crippen LogP contribution in [0.1, 0.15) is 48.2 Å². The Kier molecular flexibility index (Phi) is 5.27. The highest BCUT2D eigenvalue weighted by Gasteiger charge is 2.32. The number of piperazine rings is 1. The minimum atomic E-state index is -3.32. The standard InChI is InChI=1S/C19H25N5O5S/c1-3-6-24-16-15(17(25)21-19(24)27)13(11-14(20-16)12-4-5-12)18(26)22-7-9-23(10-8-22)30(2,28)29/h11-12H,3-10H2,1-2H3,(H,21,25,27). The first-order valence-corrected chi connectivity index (χ1v) is 12.0. The Hall–Kier alpha value is -2.53. The average Bonchev–Trinajstić information content (AvgIpc) is 3.54. The Morgan fingerprint density at radius 1 is 1.20 bits per heavy atom. The average molecular weight is 436 g/mol. The van der Waals surface area contributed by atoms with E-state index in [0.717, 1.165) is 24.8 Å². The summed E-state index contributed by atoms with van der Waals surface area (Å²) in [4.78, 5) is 46.9. The van der Waals surface area contributed by atoms with Crippen molar-refractivity contribution < 1.29 is 13.2 Å². The number of hydrogen-bond acceptors (Lipinski definition) is 6. The van der Waals surface area contributed by atoms with Crippen molar-refractivity contribution >= 4 is 27.0 Å². The SMILES string of the molecule is CCCn1c(=O)[nH]c(=O)c2c(C(=O)N3CCN(S(C)(=O)=O)CC3)cc(C3CC3)nc21. The fourth-order valence-corrected chi connectivity index (χ4v) is 4.70. The number of pyridine rings is 1. The molecule has 2 aliphatic rings. The van der Waals surface area contributed by atoms with Crippen molar-refractivity contribution in [1.82, 2.24) is 23.7 Å². The van der Waals surface area contributed by atoms with Crippen LogP contribution in [0, 0.1) is 0 Å². The maximum absolute atomic E-state index is 13.4. The summed E-state index contributed by atoms with van der Waals surface area (Å²) in [6, 6.07) is 1.67. The third-order valence-electron chi connectivity index (χ3n) is 5.64. The van der Waals surface area contributed by atoms with Crippen molar-refractivity contribution in [1.29, 1.82) is 0 Å². The number of rotatable bonds is 5. The number of amides is 1. The van der Waals surface area contributed by atoms with Gasteiger partial charge in [-0.25, -0.2) is 18.2 Å². The second-order valence-corrected chi connectivity index (χ2v) is 9.92. The van der Waals surface area contributed by atoms with E-state index in [1.165, 1.54) is 8.87 Å². The van der Waals surface area contributed by atoms with Gasteiger partial charge in [-0.1, -0.05) is 6.92 Å². The maximum atomic E-state index is 13.4. The highest BCUT2D eigenvalue weighted by atomic mass is 32.2. The zero-order valence-electron chi connectivity index (χ0n) is 17.0. The van der Waals surface area contributed by atoms with Crippen molar-refractivity contribution in [3.8, 4) is 0 Å². The smallest absolute Gasteiger partial charge is 0.329 e. The Labute approximate surface area is 173 Å². The fourth-order valence-electron chi connectivity index (χ4n) is 3.87. The minimum Gasteiger partial charge on any atom is -0.336 e. The second-order valence-electron chi connectivity index (χ2n) is 7.93. The van der Waals surface area contributed by atoms with Gasteiger partial charge in [-0.15, -0.1) is 0 Å². The molecule has 0 spiro atoms. The number of carbonyl (C=O) groups excluding carboxylic acids is 1. The number of fused-ring (bicyclic) bond motifs is 1. The summed E-state index contributed by atoms with van der Waals surface area (Å²) in [6.45, 7) is 3.19. The molecule has 0 radical (unpaired) electrons. The molecule has 0 aromatic carbocycles. The first kappa shape index (κ1) is 20.7. The molecule has 162 valence electrons. The van der Waals surface area contributed by atoms with Crippen molar-refractivity contribution in [2.75, 3.05) is 32.4 Å². The Bertz CT molecular complexity index is 1220. The summed E-state index contributed by atoms with van der Waals surface area (Å²) in [5, 5.41) is 0.114. The van der Waals surface area contributed by atoms with E-state index in [0.29, 0.717) is 13.0 Å². The molecule has 1 N–H and O–H groups in total. The molecule has 2 aromatic rings. The van der Waals surface area contributed by atoms with Gasteiger partial charge in [-0.05, 0) is 25.3 Å². The van der Waals surface area contributed by atoms with Gasteiger partial charge >= 0.3 is 5.69 Å². The number of aromatic nitrogens is 3. The quantitative estimate of drug-likeness (QED) is 0.710. The van der Waals surface area contributed by atoms with Crippen molar-refractivity contribution in [3.63, 3.8) is 0 Å². The zero-order valence-corrected chi connectivity index (χ0v) is 17.9. The molecule has 1 amide bonds. The lowest BCUT2D eigenvalue weighted by atomic mass is 10.1. The molecule has 0 bridgehead atoms. The van der Waals surface area contributed by atoms with E-state index in [1.807, 2.05) is 6.92 Å². The van der Waals surface area contributed by atoms with E-state index < -0.39 is 21.3 Å². The van der Waals surface area contributed by atoms with E-state index in [1.54, 1.807) is 11.0 Å². The Morgan fingerprint density at radius 2 is 1.87 bits per heavy atom. The van der Waals surface area contributed by atoms with Crippen LogP contribution >= 0.6 is 0 Å². The molecule has 1 aliphatic carbocycles. The van der Waals surface area contributed by atoms with Gasteiger partial charge in [-0.3, -0.25) is 19.1 Å². The summed E-state index contributed by atoms with van der Waals surface area (Å²) in [5.41, 5.74) is 0.0229. The predicted octanol–water partition coefficient (Wildman–Crippen LogP) is 0.0896. The van der Waals surface area contributed by atoms with Gasteiger partial charge in [0, 0.05) is 44.3 Å². The topological polar surface area (TPSA) is 125 Å². The molecule has 2 aromatic heterocycles. The number of nitrogens with one attached hydrogen (secondary N) is 1. The van der Waals surface area contributed by atoms with Crippen LogP contribution in [0.25, 0.3) is 11.0 Å². The van der Waals surface area contributed by atoms with Crippen LogP contribution in [0.2, 0.25) is 0 Å². The number of hydrogen-bond donors (Lipinski definition) is 1. The lowest BCUT2D eigenvalue weighted by Gasteiger charge is -2.33. The molecule has 3 heterocycles. The molecule has 4 rings (SSSR count). The monoisotopic (exact) mass is 435 g/mol. The second kappa shape index (κ2) is 7.62. The molecule has 1 saturated carbocycles. The highest BCUT2D eigenvalue weighted by Crippen LogP contribution is 2.40. The van der Waals surface area contributed by atoms with Gasteiger partial charge in [-0.2, -0.15) is 4.31 Å². The third-order valence-corrected chi connectivity index (χ3v) is 6.94. The van der Waals surface area contributed by atoms with Crippen LogP contribution in [0.4, 0.5) is 0 Å². The Morgan fingerprint density at radius 3 is 2.43 bits per heavy atom. The summed E-state index contributed by atoms with van der Waals surface area (Å²) in [6.07, 6.45) is 3.74. The molecule has 1 saturated heterocycles. The lowest BCUT2D eigenvalue weighted by molar-refractivity contribution is 0.0700. The molecule has 11 heteroatoms. The molecule has 10 nitrogen and oxygen atoms in total. The fraction of sp³-hybridized carbons (Fsp3) is 0.579. The van der Waals surface area contributed by atoms with Crippen LogP contribution in [0.15, 0.2) is 15.7 Å². The molecule has 30 heavy (non-hydrogen) atoms. The third kappa shape index (κ3) is 3.79. The number of aromatic amines is 1. The zero-order chi connectivity index (χ0) is 21.6. The van der Waals surface area contributed by atoms with Gasteiger partial charge in [0.1, 0.15) is 0 Å². The van der Waals surface area contributed by atoms with E-state index in [9.17, 15) is 22.8 Å². The van der Waals surface area contributed by atoms with Crippen LogP contribution in [0.3, 0.4) is 0 Å². The van der Waals surface area contributed by atoms with Gasteiger partial charge in [0.15, 0.2) is 5.65 Å². The van der Waals surface area contributed by atoms with E-state index in [-0.39, 0.29) is 54.6 Å². The van der Waals surface area contributed by atoms with Crippen LogP contribution in [0.5, 0.6) is 0 Å². The van der Waals surface area contributed by atoms with Gasteiger partial charge in [0.05, 0.1) is 17.2 Å². The molecule has 1 aliphatic heterocycles. The molecule has 0 atom stereocenters. The first-order valence-electron chi connectivity index (χ1n) is 10.1. The van der Waals surface area contributed by atoms with Gasteiger partial charge in [0.2, 0.25) is 10.0 Å². The van der Waals surface area contributed by atoms with Crippen molar-refractivity contribution in [2.45, 2.75) is 38.6 Å². The Balaban J connectivity index is 1.80. The van der Waals surface area contributed by atoms with E-state index >= 15 is 0 Å². The van der Waals surface area contributed by atoms with Gasteiger partial charge < -0.3 is 4.90 Å². The molecular weight excluding hydrogens is 410 g/mol. The van der Waals surface area contributed by atoms with E-state index in [2.05, 4.69) is 9.97 Å². The molecule has 0 unspecified atom stereocenters. The van der Waals surface area contributed by atoms with Crippen molar-refractivity contribution in [2.24, 2.45) is 0 Å².